The predicted molar refractivity (Wildman–Crippen MR) is 136 cm³/mol. The molecule has 0 aliphatic carbocycles. The van der Waals surface area contributed by atoms with Gasteiger partial charge >= 0.3 is 0 Å². The number of halogens is 2. The lowest BCUT2D eigenvalue weighted by molar-refractivity contribution is -0.130. The molecule has 1 amide bonds. The van der Waals surface area contributed by atoms with Crippen LogP contribution < -0.4 is 5.73 Å². The molecule has 1 aliphatic rings. The summed E-state index contributed by atoms with van der Waals surface area (Å²) < 4.78 is 22.5. The largest absolute Gasteiger partial charge is 0.399 e. The number of rotatable bonds is 6. The molecule has 6 nitrogen and oxygen atoms in total. The maximum Gasteiger partial charge on any atom is 0.253 e. The molecule has 5 rings (SSSR count). The van der Waals surface area contributed by atoms with Crippen molar-refractivity contribution in [2.75, 3.05) is 12.3 Å². The molecule has 1 fully saturated rings. The maximum atomic E-state index is 13.6. The van der Waals surface area contributed by atoms with Gasteiger partial charge in [-0.2, -0.15) is 5.10 Å². The highest BCUT2D eigenvalue weighted by Gasteiger charge is 2.40. The predicted octanol–water partition coefficient (Wildman–Crippen LogP) is 5.51. The first-order chi connectivity index (χ1) is 16.9. The van der Waals surface area contributed by atoms with Crippen molar-refractivity contribution in [2.24, 2.45) is 0 Å². The van der Waals surface area contributed by atoms with Crippen LogP contribution in [0.15, 0.2) is 83.5 Å². The zero-order valence-corrected chi connectivity index (χ0v) is 20.7. The van der Waals surface area contributed by atoms with Gasteiger partial charge < -0.3 is 15.4 Å². The lowest BCUT2D eigenvalue weighted by Gasteiger charge is -2.23. The van der Waals surface area contributed by atoms with Crippen LogP contribution in [0.4, 0.5) is 10.1 Å². The lowest BCUT2D eigenvalue weighted by Crippen LogP contribution is -2.32. The number of nitrogens with zero attached hydrogens (tertiary/aromatic N) is 3. The second-order valence-corrected chi connectivity index (χ2v) is 9.43. The fraction of sp³-hybridized carbons (Fsp3) is 0.185. The van der Waals surface area contributed by atoms with Gasteiger partial charge in [-0.1, -0.05) is 28.1 Å². The van der Waals surface area contributed by atoms with E-state index >= 15 is 0 Å². The van der Waals surface area contributed by atoms with Crippen molar-refractivity contribution in [3.63, 3.8) is 0 Å². The molecule has 1 aromatic heterocycles. The molecule has 3 aromatic carbocycles. The lowest BCUT2D eigenvalue weighted by atomic mass is 10.1. The van der Waals surface area contributed by atoms with E-state index in [1.54, 1.807) is 28.6 Å². The van der Waals surface area contributed by atoms with E-state index in [1.807, 2.05) is 54.7 Å². The molecule has 1 aliphatic heterocycles. The summed E-state index contributed by atoms with van der Waals surface area (Å²) in [6.07, 6.45) is 1.35. The first-order valence-electron chi connectivity index (χ1n) is 11.3. The molecule has 0 bridgehead atoms. The molecular weight excluding hydrogens is 511 g/mol. The number of hydrogen-bond acceptors (Lipinski definition) is 4. The van der Waals surface area contributed by atoms with E-state index in [9.17, 15) is 9.18 Å². The van der Waals surface area contributed by atoms with E-state index in [1.165, 1.54) is 12.1 Å². The summed E-state index contributed by atoms with van der Waals surface area (Å²) in [6.45, 7) is 2.24. The number of anilines is 1. The van der Waals surface area contributed by atoms with E-state index in [0.717, 1.165) is 26.9 Å². The monoisotopic (exact) mass is 534 g/mol. The maximum absolute atomic E-state index is 13.6. The Morgan fingerprint density at radius 3 is 2.40 bits per heavy atom. The molecule has 4 aromatic rings. The Hall–Kier alpha value is -3.49. The third-order valence-corrected chi connectivity index (χ3v) is 6.61. The van der Waals surface area contributed by atoms with E-state index in [2.05, 4.69) is 15.9 Å². The van der Waals surface area contributed by atoms with Gasteiger partial charge in [-0.15, -0.1) is 0 Å². The van der Waals surface area contributed by atoms with Crippen molar-refractivity contribution in [3.8, 4) is 16.9 Å². The van der Waals surface area contributed by atoms with Crippen LogP contribution in [0.1, 0.15) is 24.3 Å². The highest BCUT2D eigenvalue weighted by molar-refractivity contribution is 9.10. The van der Waals surface area contributed by atoms with Gasteiger partial charge in [0, 0.05) is 34.0 Å². The highest BCUT2D eigenvalue weighted by atomic mass is 79.9. The Morgan fingerprint density at radius 1 is 1.03 bits per heavy atom. The molecule has 178 valence electrons. The molecule has 8 heteroatoms. The normalized spacial score (nSPS) is 17.8. The topological polar surface area (TPSA) is 73.4 Å². The zero-order chi connectivity index (χ0) is 24.5. The summed E-state index contributed by atoms with van der Waals surface area (Å²) in [5.74, 6) is -0.402. The standard InChI is InChI=1S/C27H24BrFN4O2/c1-17-26(34)32(15-14-18-2-10-22(30)11-3-18)27(35-17)24-16-33(23-12-6-20(28)7-13-23)31-25(24)19-4-8-21(29)9-5-19/h2-13,16-17,27H,14-15,30H2,1H3/t17-,27+/m1/s1. The van der Waals surface area contributed by atoms with Crippen LogP contribution in [0.3, 0.4) is 0 Å². The summed E-state index contributed by atoms with van der Waals surface area (Å²) in [4.78, 5) is 14.8. The molecule has 0 saturated carbocycles. The zero-order valence-electron chi connectivity index (χ0n) is 19.1. The van der Waals surface area contributed by atoms with Gasteiger partial charge in [0.2, 0.25) is 0 Å². The van der Waals surface area contributed by atoms with E-state index in [0.29, 0.717) is 24.3 Å². The van der Waals surface area contributed by atoms with Crippen LogP contribution in [0.5, 0.6) is 0 Å². The molecule has 2 atom stereocenters. The average molecular weight is 535 g/mol. The van der Waals surface area contributed by atoms with Crippen LogP contribution in [-0.2, 0) is 16.0 Å². The Morgan fingerprint density at radius 2 is 1.71 bits per heavy atom. The van der Waals surface area contributed by atoms with Crippen LogP contribution in [0, 0.1) is 5.82 Å². The van der Waals surface area contributed by atoms with Crippen LogP contribution in [0.25, 0.3) is 16.9 Å². The number of aromatic nitrogens is 2. The quantitative estimate of drug-likeness (QED) is 0.331. The number of ether oxygens (including phenoxy) is 1. The van der Waals surface area contributed by atoms with Crippen molar-refractivity contribution in [3.05, 3.63) is 100 Å². The van der Waals surface area contributed by atoms with E-state index in [4.69, 9.17) is 15.6 Å². The Labute approximate surface area is 211 Å². The third kappa shape index (κ3) is 4.85. The minimum Gasteiger partial charge on any atom is -0.399 e. The van der Waals surface area contributed by atoms with Crippen molar-refractivity contribution >= 4 is 27.5 Å². The molecule has 0 radical (unpaired) electrons. The van der Waals surface area contributed by atoms with Gasteiger partial charge in [-0.05, 0) is 79.6 Å². The van der Waals surface area contributed by atoms with Crippen LogP contribution in [-0.4, -0.2) is 33.2 Å². The number of carbonyl (C=O) groups excluding carboxylic acids is 1. The third-order valence-electron chi connectivity index (χ3n) is 6.09. The molecule has 1 saturated heterocycles. The van der Waals surface area contributed by atoms with E-state index in [-0.39, 0.29) is 11.7 Å². The van der Waals surface area contributed by atoms with Crippen LogP contribution >= 0.6 is 15.9 Å². The summed E-state index contributed by atoms with van der Waals surface area (Å²) >= 11 is 3.46. The number of nitrogens with two attached hydrogens (primary N) is 1. The summed E-state index contributed by atoms with van der Waals surface area (Å²) in [5, 5.41) is 4.81. The molecule has 35 heavy (non-hydrogen) atoms. The number of carbonyl (C=O) groups is 1. The molecular formula is C27H24BrFN4O2. The Bertz CT molecular complexity index is 1340. The number of amides is 1. The Balaban J connectivity index is 1.53. The minimum atomic E-state index is -0.615. The van der Waals surface area contributed by atoms with E-state index < -0.39 is 12.3 Å². The SMILES string of the molecule is C[C@H]1O[C@@H](c2cn(-c3ccc(Br)cc3)nc2-c2ccc(F)cc2)N(CCc2ccc(N)cc2)C1=O. The fourth-order valence-electron chi connectivity index (χ4n) is 4.20. The average Bonchev–Trinajstić information content (AvgIpc) is 3.41. The van der Waals surface area contributed by atoms with Gasteiger partial charge in [0.15, 0.2) is 6.23 Å². The molecule has 0 spiro atoms. The van der Waals surface area contributed by atoms with Gasteiger partial charge in [-0.3, -0.25) is 4.79 Å². The number of benzene rings is 3. The Kier molecular flexibility index (Phi) is 6.40. The van der Waals surface area contributed by atoms with Crippen molar-refractivity contribution in [1.82, 2.24) is 14.7 Å². The van der Waals surface area contributed by atoms with Crippen molar-refractivity contribution in [2.45, 2.75) is 25.7 Å². The van der Waals surface area contributed by atoms with Crippen molar-refractivity contribution in [1.29, 1.82) is 0 Å². The van der Waals surface area contributed by atoms with Gasteiger partial charge in [0.1, 0.15) is 17.6 Å². The first-order valence-corrected chi connectivity index (χ1v) is 12.1. The molecule has 2 N–H and O–H groups in total. The number of nitrogen functional groups attached to an aromatic ring is 1. The van der Waals surface area contributed by atoms with Gasteiger partial charge in [-0.25, -0.2) is 9.07 Å². The summed E-state index contributed by atoms with van der Waals surface area (Å²) in [5.41, 5.74) is 10.6. The van der Waals surface area contributed by atoms with Crippen LogP contribution in [0.2, 0.25) is 0 Å². The summed E-state index contributed by atoms with van der Waals surface area (Å²) in [6, 6.07) is 21.6. The minimum absolute atomic E-state index is 0.0770. The second kappa shape index (κ2) is 9.64. The molecule has 0 unspecified atom stereocenters. The fourth-order valence-corrected chi connectivity index (χ4v) is 4.47. The highest BCUT2D eigenvalue weighted by Crippen LogP contribution is 2.37. The van der Waals surface area contributed by atoms with Gasteiger partial charge in [0.25, 0.3) is 5.91 Å². The first kappa shape index (κ1) is 23.3. The molecule has 2 heterocycles. The second-order valence-electron chi connectivity index (χ2n) is 8.51. The summed E-state index contributed by atoms with van der Waals surface area (Å²) in [7, 11) is 0. The smallest absolute Gasteiger partial charge is 0.253 e. The van der Waals surface area contributed by atoms with Gasteiger partial charge in [0.05, 0.1) is 5.69 Å². The number of hydrogen-bond donors (Lipinski definition) is 1. The van der Waals surface area contributed by atoms with Crippen molar-refractivity contribution < 1.29 is 13.9 Å².